The van der Waals surface area contributed by atoms with Gasteiger partial charge in [-0.2, -0.15) is 0 Å². The van der Waals surface area contributed by atoms with Gasteiger partial charge in [0.25, 0.3) is 0 Å². The van der Waals surface area contributed by atoms with Crippen LogP contribution in [0.15, 0.2) is 0 Å². The maximum Gasteiger partial charge on any atom is 0.508 e. The highest BCUT2D eigenvalue weighted by Crippen LogP contribution is 2.35. The monoisotopic (exact) mass is 258 g/mol. The van der Waals surface area contributed by atoms with E-state index < -0.39 is 12.3 Å². The Kier molecular flexibility index (Phi) is 5.93. The highest BCUT2D eigenvalue weighted by molar-refractivity contribution is 5.60. The lowest BCUT2D eigenvalue weighted by Gasteiger charge is -2.36. The average molecular weight is 258 g/mol. The molecule has 0 aromatic rings. The van der Waals surface area contributed by atoms with Crippen molar-refractivity contribution in [3.63, 3.8) is 0 Å². The third-order valence-electron chi connectivity index (χ3n) is 3.65. The van der Waals surface area contributed by atoms with Gasteiger partial charge >= 0.3 is 6.16 Å². The Bertz CT molecular complexity index is 263. The molecule has 0 spiro atoms. The van der Waals surface area contributed by atoms with E-state index in [9.17, 15) is 4.79 Å². The lowest BCUT2D eigenvalue weighted by Crippen LogP contribution is -2.36. The molecule has 1 aliphatic carbocycles. The highest BCUT2D eigenvalue weighted by atomic mass is 16.7. The number of aliphatic hydroxyl groups excluding tert-OH is 1. The molecule has 4 heteroatoms. The fraction of sp³-hybridized carbons (Fsp3) is 0.929. The average Bonchev–Trinajstić information content (AvgIpc) is 2.26. The van der Waals surface area contributed by atoms with Gasteiger partial charge in [0, 0.05) is 0 Å². The minimum Gasteiger partial charge on any atom is -0.432 e. The van der Waals surface area contributed by atoms with E-state index in [4.69, 9.17) is 14.6 Å². The van der Waals surface area contributed by atoms with Crippen LogP contribution in [0.2, 0.25) is 0 Å². The Balaban J connectivity index is 2.47. The van der Waals surface area contributed by atoms with Gasteiger partial charge in [-0.05, 0) is 37.5 Å². The summed E-state index contributed by atoms with van der Waals surface area (Å²) in [5.41, 5.74) is 0. The first-order valence-corrected chi connectivity index (χ1v) is 6.91. The first-order valence-electron chi connectivity index (χ1n) is 6.91. The quantitative estimate of drug-likeness (QED) is 0.788. The lowest BCUT2D eigenvalue weighted by atomic mass is 9.75. The van der Waals surface area contributed by atoms with E-state index in [2.05, 4.69) is 20.8 Å². The third kappa shape index (κ3) is 4.84. The second kappa shape index (κ2) is 6.98. The molecule has 4 atom stereocenters. The van der Waals surface area contributed by atoms with Crippen LogP contribution in [0.1, 0.15) is 47.0 Å². The molecule has 1 aliphatic rings. The number of hydrogen-bond acceptors (Lipinski definition) is 4. The topological polar surface area (TPSA) is 55.8 Å². The summed E-state index contributed by atoms with van der Waals surface area (Å²) in [6.45, 7) is 8.09. The predicted molar refractivity (Wildman–Crippen MR) is 69.2 cm³/mol. The van der Waals surface area contributed by atoms with Gasteiger partial charge in [-0.1, -0.05) is 27.2 Å². The number of carbonyl (C=O) groups excluding carboxylic acids is 1. The van der Waals surface area contributed by atoms with Crippen LogP contribution >= 0.6 is 0 Å². The van der Waals surface area contributed by atoms with Crippen molar-refractivity contribution in [3.05, 3.63) is 0 Å². The van der Waals surface area contributed by atoms with Crippen LogP contribution in [0.5, 0.6) is 0 Å². The fourth-order valence-corrected chi connectivity index (χ4v) is 2.60. The summed E-state index contributed by atoms with van der Waals surface area (Å²) in [7, 11) is 0. The third-order valence-corrected chi connectivity index (χ3v) is 3.65. The molecule has 0 aromatic carbocycles. The zero-order valence-electron chi connectivity index (χ0n) is 11.9. The zero-order chi connectivity index (χ0) is 13.7. The predicted octanol–water partition coefficient (Wildman–Crippen LogP) is 2.98. The van der Waals surface area contributed by atoms with E-state index in [1.165, 1.54) is 6.42 Å². The Morgan fingerprint density at radius 2 is 2.00 bits per heavy atom. The summed E-state index contributed by atoms with van der Waals surface area (Å²) in [6.07, 6.45) is 1.87. The highest BCUT2D eigenvalue weighted by Gasteiger charge is 2.33. The molecule has 106 valence electrons. The van der Waals surface area contributed by atoms with Crippen molar-refractivity contribution in [1.82, 2.24) is 0 Å². The summed E-state index contributed by atoms with van der Waals surface area (Å²) in [5.74, 6) is 1.52. The van der Waals surface area contributed by atoms with E-state index >= 15 is 0 Å². The molecule has 0 saturated heterocycles. The van der Waals surface area contributed by atoms with E-state index in [1.807, 2.05) is 0 Å². The van der Waals surface area contributed by atoms with Crippen LogP contribution in [0, 0.1) is 17.8 Å². The lowest BCUT2D eigenvalue weighted by molar-refractivity contribution is -0.0412. The number of carbonyl (C=O) groups is 1. The van der Waals surface area contributed by atoms with Gasteiger partial charge in [-0.15, -0.1) is 0 Å². The SMILES string of the molecule is CC(O)COC(=O)OC1CC(C)CC[C@H]1C(C)C. The molecular formula is C14H26O4. The van der Waals surface area contributed by atoms with Crippen molar-refractivity contribution in [3.8, 4) is 0 Å². The standard InChI is InChI=1S/C14H26O4/c1-9(2)12-6-5-10(3)7-13(12)18-14(16)17-8-11(4)15/h9-13,15H,5-8H2,1-4H3/t10?,11?,12-,13?/m0/s1. The molecule has 1 saturated carbocycles. The van der Waals surface area contributed by atoms with Crippen molar-refractivity contribution in [1.29, 1.82) is 0 Å². The Labute approximate surface area is 110 Å². The van der Waals surface area contributed by atoms with Crippen LogP contribution in [-0.4, -0.2) is 30.1 Å². The maximum absolute atomic E-state index is 11.5. The Hall–Kier alpha value is -0.770. The molecular weight excluding hydrogens is 232 g/mol. The summed E-state index contributed by atoms with van der Waals surface area (Å²) in [5, 5.41) is 9.06. The molecule has 1 N–H and O–H groups in total. The van der Waals surface area contributed by atoms with Gasteiger partial charge in [0.05, 0.1) is 6.10 Å². The smallest absolute Gasteiger partial charge is 0.432 e. The van der Waals surface area contributed by atoms with E-state index in [0.717, 1.165) is 12.8 Å². The summed E-state index contributed by atoms with van der Waals surface area (Å²) < 4.78 is 10.3. The molecule has 0 amide bonds. The van der Waals surface area contributed by atoms with Crippen molar-refractivity contribution >= 4 is 6.16 Å². The van der Waals surface area contributed by atoms with Crippen molar-refractivity contribution in [2.24, 2.45) is 17.8 Å². The second-order valence-electron chi connectivity index (χ2n) is 5.89. The number of hydrogen-bond donors (Lipinski definition) is 1. The van der Waals surface area contributed by atoms with Crippen molar-refractivity contribution in [2.75, 3.05) is 6.61 Å². The van der Waals surface area contributed by atoms with Gasteiger partial charge in [-0.3, -0.25) is 0 Å². The van der Waals surface area contributed by atoms with Gasteiger partial charge in [0.15, 0.2) is 0 Å². The van der Waals surface area contributed by atoms with Gasteiger partial charge < -0.3 is 14.6 Å². The van der Waals surface area contributed by atoms with E-state index in [1.54, 1.807) is 6.92 Å². The van der Waals surface area contributed by atoms with Crippen LogP contribution < -0.4 is 0 Å². The molecule has 1 fully saturated rings. The summed E-state index contributed by atoms with van der Waals surface area (Å²) in [6, 6.07) is 0. The van der Waals surface area contributed by atoms with Crippen molar-refractivity contribution < 1.29 is 19.4 Å². The van der Waals surface area contributed by atoms with Crippen LogP contribution in [0.4, 0.5) is 4.79 Å². The number of rotatable bonds is 4. The molecule has 1 rings (SSSR count). The van der Waals surface area contributed by atoms with Gasteiger partial charge in [0.2, 0.25) is 0 Å². The fourth-order valence-electron chi connectivity index (χ4n) is 2.60. The molecule has 4 nitrogen and oxygen atoms in total. The largest absolute Gasteiger partial charge is 0.508 e. The van der Waals surface area contributed by atoms with Crippen molar-refractivity contribution in [2.45, 2.75) is 59.2 Å². The summed E-state index contributed by atoms with van der Waals surface area (Å²) >= 11 is 0. The molecule has 18 heavy (non-hydrogen) atoms. The van der Waals surface area contributed by atoms with Gasteiger partial charge in [0.1, 0.15) is 12.7 Å². The maximum atomic E-state index is 11.5. The normalized spacial score (nSPS) is 30.0. The first-order chi connectivity index (χ1) is 8.40. The Morgan fingerprint density at radius 1 is 1.33 bits per heavy atom. The molecule has 0 radical (unpaired) electrons. The molecule has 0 aliphatic heterocycles. The molecule has 0 bridgehead atoms. The second-order valence-corrected chi connectivity index (χ2v) is 5.89. The van der Waals surface area contributed by atoms with Gasteiger partial charge in [-0.25, -0.2) is 4.79 Å². The first kappa shape index (κ1) is 15.3. The zero-order valence-corrected chi connectivity index (χ0v) is 11.9. The van der Waals surface area contributed by atoms with Crippen LogP contribution in [-0.2, 0) is 9.47 Å². The minimum absolute atomic E-state index is 0.00650. The van der Waals surface area contributed by atoms with E-state index in [-0.39, 0.29) is 12.7 Å². The Morgan fingerprint density at radius 3 is 2.56 bits per heavy atom. The molecule has 0 aromatic heterocycles. The summed E-state index contributed by atoms with van der Waals surface area (Å²) in [4.78, 5) is 11.5. The molecule has 0 heterocycles. The van der Waals surface area contributed by atoms with E-state index in [0.29, 0.717) is 17.8 Å². The number of ether oxygens (including phenoxy) is 2. The molecule has 3 unspecified atom stereocenters. The van der Waals surface area contributed by atoms with Crippen LogP contribution in [0.25, 0.3) is 0 Å². The van der Waals surface area contributed by atoms with Crippen LogP contribution in [0.3, 0.4) is 0 Å². The minimum atomic E-state index is -0.652. The number of aliphatic hydroxyl groups is 1.